The molecule has 354 valence electrons. The minimum Gasteiger partial charge on any atom is -0.462 e. The van der Waals surface area contributed by atoms with Crippen molar-refractivity contribution in [2.75, 3.05) is 13.2 Å². The zero-order valence-electron chi connectivity index (χ0n) is 40.4. The molecule has 1 unspecified atom stereocenters. The van der Waals surface area contributed by atoms with Gasteiger partial charge in [-0.2, -0.15) is 0 Å². The van der Waals surface area contributed by atoms with Gasteiger partial charge in [-0.05, 0) is 57.8 Å². The largest absolute Gasteiger partial charge is 0.462 e. The second kappa shape index (κ2) is 50.2. The van der Waals surface area contributed by atoms with E-state index in [0.29, 0.717) is 19.3 Å². The zero-order chi connectivity index (χ0) is 45.1. The maximum Gasteiger partial charge on any atom is 0.306 e. The first-order valence-corrected chi connectivity index (χ1v) is 25.7. The van der Waals surface area contributed by atoms with Crippen molar-refractivity contribution < 1.29 is 28.6 Å². The molecule has 6 heteroatoms. The Balaban J connectivity index is 4.48. The third-order valence-corrected chi connectivity index (χ3v) is 10.8. The second-order valence-electron chi connectivity index (χ2n) is 16.9. The molecular formula is C56H94O6. The molecule has 0 aromatic heterocycles. The van der Waals surface area contributed by atoms with E-state index in [1.807, 2.05) is 54.7 Å². The van der Waals surface area contributed by atoms with Crippen molar-refractivity contribution in [3.05, 3.63) is 85.1 Å². The first kappa shape index (κ1) is 58.6. The SMILES string of the molecule is CC/C=C/C=C/C=C/C=C/C=C/CCCC(=O)OCC(COC(=O)CCCCCCCCCCCCCCCCCC)OC(=O)CCCCCCCC/C=C/C=C/CCCCC. The maximum atomic E-state index is 12.8. The number of carbonyl (C=O) groups is 3. The first-order valence-electron chi connectivity index (χ1n) is 25.7. The molecule has 0 saturated carbocycles. The molecule has 0 aliphatic rings. The smallest absolute Gasteiger partial charge is 0.306 e. The fourth-order valence-corrected chi connectivity index (χ4v) is 6.93. The molecule has 0 bridgehead atoms. The summed E-state index contributed by atoms with van der Waals surface area (Å²) in [5.74, 6) is -0.991. The van der Waals surface area contributed by atoms with Crippen LogP contribution in [0.25, 0.3) is 0 Å². The van der Waals surface area contributed by atoms with Gasteiger partial charge in [-0.3, -0.25) is 14.4 Å². The quantitative estimate of drug-likeness (QED) is 0.0263. The van der Waals surface area contributed by atoms with Gasteiger partial charge in [0.1, 0.15) is 13.2 Å². The molecule has 1 atom stereocenters. The van der Waals surface area contributed by atoms with Crippen LogP contribution in [-0.2, 0) is 28.6 Å². The van der Waals surface area contributed by atoms with Gasteiger partial charge in [-0.25, -0.2) is 0 Å². The van der Waals surface area contributed by atoms with Crippen LogP contribution in [0.15, 0.2) is 85.1 Å². The normalized spacial score (nSPS) is 12.8. The van der Waals surface area contributed by atoms with E-state index in [2.05, 4.69) is 51.2 Å². The van der Waals surface area contributed by atoms with Crippen LogP contribution < -0.4 is 0 Å². The van der Waals surface area contributed by atoms with Gasteiger partial charge in [0.2, 0.25) is 0 Å². The third-order valence-electron chi connectivity index (χ3n) is 10.8. The molecule has 0 amide bonds. The number of hydrogen-bond donors (Lipinski definition) is 0. The molecule has 0 saturated heterocycles. The van der Waals surface area contributed by atoms with Crippen molar-refractivity contribution in [1.82, 2.24) is 0 Å². The Morgan fingerprint density at radius 1 is 0.339 bits per heavy atom. The van der Waals surface area contributed by atoms with E-state index >= 15 is 0 Å². The summed E-state index contributed by atoms with van der Waals surface area (Å²) in [4.78, 5) is 37.9. The highest BCUT2D eigenvalue weighted by Crippen LogP contribution is 2.15. The Bertz CT molecular complexity index is 1220. The highest BCUT2D eigenvalue weighted by atomic mass is 16.6. The van der Waals surface area contributed by atoms with Crippen LogP contribution in [0.3, 0.4) is 0 Å². The van der Waals surface area contributed by atoms with E-state index in [0.717, 1.165) is 64.2 Å². The van der Waals surface area contributed by atoms with Crippen LogP contribution in [-0.4, -0.2) is 37.2 Å². The average Bonchev–Trinajstić information content (AvgIpc) is 3.27. The fraction of sp³-hybridized carbons (Fsp3) is 0.696. The van der Waals surface area contributed by atoms with Crippen LogP contribution >= 0.6 is 0 Å². The highest BCUT2D eigenvalue weighted by Gasteiger charge is 2.19. The van der Waals surface area contributed by atoms with E-state index in [4.69, 9.17) is 14.2 Å². The van der Waals surface area contributed by atoms with Gasteiger partial charge >= 0.3 is 17.9 Å². The summed E-state index contributed by atoms with van der Waals surface area (Å²) >= 11 is 0. The molecule has 0 heterocycles. The van der Waals surface area contributed by atoms with Gasteiger partial charge in [0, 0.05) is 19.3 Å². The lowest BCUT2D eigenvalue weighted by atomic mass is 10.0. The summed E-state index contributed by atoms with van der Waals surface area (Å²) in [5.41, 5.74) is 0. The van der Waals surface area contributed by atoms with Crippen molar-refractivity contribution in [3.8, 4) is 0 Å². The molecule has 0 aromatic rings. The van der Waals surface area contributed by atoms with Gasteiger partial charge in [0.25, 0.3) is 0 Å². The number of unbranched alkanes of at least 4 members (excludes halogenated alkanes) is 25. The number of ether oxygens (including phenoxy) is 3. The van der Waals surface area contributed by atoms with Crippen LogP contribution in [0.1, 0.15) is 233 Å². The van der Waals surface area contributed by atoms with Crippen LogP contribution in [0.4, 0.5) is 0 Å². The van der Waals surface area contributed by atoms with Gasteiger partial charge in [0.15, 0.2) is 6.10 Å². The van der Waals surface area contributed by atoms with Crippen LogP contribution in [0.2, 0.25) is 0 Å². The summed E-state index contributed by atoms with van der Waals surface area (Å²) in [6.45, 7) is 6.39. The molecule has 0 aromatic carbocycles. The number of hydrogen-bond acceptors (Lipinski definition) is 6. The Kier molecular flexibility index (Phi) is 47.5. The lowest BCUT2D eigenvalue weighted by Crippen LogP contribution is -2.30. The van der Waals surface area contributed by atoms with E-state index in [1.54, 1.807) is 0 Å². The van der Waals surface area contributed by atoms with E-state index in [9.17, 15) is 14.4 Å². The number of carbonyl (C=O) groups excluding carboxylic acids is 3. The number of allylic oxidation sites excluding steroid dienone is 14. The average molecular weight is 863 g/mol. The fourth-order valence-electron chi connectivity index (χ4n) is 6.93. The summed E-state index contributed by atoms with van der Waals surface area (Å²) in [6, 6.07) is 0. The Morgan fingerprint density at radius 3 is 1.10 bits per heavy atom. The summed E-state index contributed by atoms with van der Waals surface area (Å²) < 4.78 is 16.7. The van der Waals surface area contributed by atoms with Crippen LogP contribution in [0, 0.1) is 0 Å². The maximum absolute atomic E-state index is 12.8. The first-order chi connectivity index (χ1) is 30.5. The summed E-state index contributed by atoms with van der Waals surface area (Å²) in [6.07, 6.45) is 64.3. The highest BCUT2D eigenvalue weighted by molar-refractivity contribution is 5.71. The number of esters is 3. The molecule has 0 fully saturated rings. The Labute approximate surface area is 382 Å². The van der Waals surface area contributed by atoms with E-state index < -0.39 is 6.10 Å². The van der Waals surface area contributed by atoms with Gasteiger partial charge < -0.3 is 14.2 Å². The molecule has 0 aliphatic carbocycles. The van der Waals surface area contributed by atoms with E-state index in [1.165, 1.54) is 122 Å². The van der Waals surface area contributed by atoms with Crippen molar-refractivity contribution in [2.45, 2.75) is 239 Å². The molecule has 6 nitrogen and oxygen atoms in total. The molecule has 0 N–H and O–H groups in total. The van der Waals surface area contributed by atoms with Crippen LogP contribution in [0.5, 0.6) is 0 Å². The monoisotopic (exact) mass is 863 g/mol. The van der Waals surface area contributed by atoms with Gasteiger partial charge in [-0.1, -0.05) is 241 Å². The molecule has 62 heavy (non-hydrogen) atoms. The second-order valence-corrected chi connectivity index (χ2v) is 16.9. The minimum absolute atomic E-state index is 0.103. The third kappa shape index (κ3) is 47.6. The molecule has 0 rings (SSSR count). The Hall–Kier alpha value is -3.41. The number of rotatable bonds is 45. The molecule has 0 spiro atoms. The molecular weight excluding hydrogens is 769 g/mol. The van der Waals surface area contributed by atoms with Gasteiger partial charge in [-0.15, -0.1) is 0 Å². The van der Waals surface area contributed by atoms with Crippen molar-refractivity contribution >= 4 is 17.9 Å². The van der Waals surface area contributed by atoms with Gasteiger partial charge in [0.05, 0.1) is 0 Å². The lowest BCUT2D eigenvalue weighted by molar-refractivity contribution is -0.167. The Morgan fingerprint density at radius 2 is 0.645 bits per heavy atom. The van der Waals surface area contributed by atoms with Crippen molar-refractivity contribution in [2.24, 2.45) is 0 Å². The summed E-state index contributed by atoms with van der Waals surface area (Å²) in [7, 11) is 0. The van der Waals surface area contributed by atoms with Crippen molar-refractivity contribution in [1.29, 1.82) is 0 Å². The minimum atomic E-state index is -0.809. The topological polar surface area (TPSA) is 78.9 Å². The predicted octanol–water partition coefficient (Wildman–Crippen LogP) is 16.8. The molecule has 0 radical (unpaired) electrons. The standard InChI is InChI=1S/C56H94O6/c1-4-7-10-13-16-19-22-25-27-29-31-34-37-40-43-46-49-55(58)61-52-53(51-60-54(57)48-45-42-39-36-33-30-24-21-18-15-12-9-6-3)62-56(59)50-47-44-41-38-35-32-28-26-23-20-17-14-11-8-5-2/h9,12,15,17-18,20-21,23-24,26,30,33,36,39,53H,4-8,10-11,13-14,16,19,22,25,27-29,31-32,34-35,37-38,40-52H2,1-3H3/b12-9+,18-15+,20-17+,24-21+,26-23+,33-30+,39-36+. The predicted molar refractivity (Wildman–Crippen MR) is 265 cm³/mol. The zero-order valence-corrected chi connectivity index (χ0v) is 40.4. The van der Waals surface area contributed by atoms with E-state index in [-0.39, 0.29) is 37.5 Å². The summed E-state index contributed by atoms with van der Waals surface area (Å²) in [5, 5.41) is 0. The van der Waals surface area contributed by atoms with Crippen molar-refractivity contribution in [3.63, 3.8) is 0 Å². The lowest BCUT2D eigenvalue weighted by Gasteiger charge is -2.18. The molecule has 0 aliphatic heterocycles.